The molecular weight excluding hydrogens is 370 g/mol. The number of benzene rings is 3. The van der Waals surface area contributed by atoms with Crippen LogP contribution in [0.5, 0.6) is 0 Å². The molecule has 1 atom stereocenters. The molecule has 0 radical (unpaired) electrons. The molecular formula is C25H19N5. The first kappa shape index (κ1) is 18.0. The van der Waals surface area contributed by atoms with Gasteiger partial charge in [0.1, 0.15) is 11.7 Å². The van der Waals surface area contributed by atoms with Gasteiger partial charge in [-0.05, 0) is 36.2 Å². The first-order valence-corrected chi connectivity index (χ1v) is 9.99. The average Bonchev–Trinajstić information content (AvgIpc) is 3.16. The lowest BCUT2D eigenvalue weighted by molar-refractivity contribution is 0.716. The van der Waals surface area contributed by atoms with Crippen molar-refractivity contribution in [3.8, 4) is 17.5 Å². The Morgan fingerprint density at radius 1 is 0.900 bits per heavy atom. The Balaban J connectivity index is 1.66. The van der Waals surface area contributed by atoms with E-state index in [0.717, 1.165) is 28.7 Å². The Hall–Kier alpha value is -4.04. The highest BCUT2D eigenvalue weighted by atomic mass is 15.1. The van der Waals surface area contributed by atoms with Crippen molar-refractivity contribution in [2.45, 2.75) is 19.4 Å². The van der Waals surface area contributed by atoms with Gasteiger partial charge in [0.05, 0.1) is 23.2 Å². The summed E-state index contributed by atoms with van der Waals surface area (Å²) in [6, 6.07) is 26.0. The summed E-state index contributed by atoms with van der Waals surface area (Å²) in [6.07, 6.45) is 0.938. The summed E-state index contributed by atoms with van der Waals surface area (Å²) in [5, 5.41) is 13.9. The van der Waals surface area contributed by atoms with Gasteiger partial charge in [-0.2, -0.15) is 5.26 Å². The smallest absolute Gasteiger partial charge is 0.163 e. The van der Waals surface area contributed by atoms with Crippen LogP contribution in [-0.4, -0.2) is 15.8 Å². The second-order valence-corrected chi connectivity index (χ2v) is 7.18. The number of aliphatic imine (C=N–C) groups is 1. The van der Waals surface area contributed by atoms with Gasteiger partial charge in [0.25, 0.3) is 0 Å². The van der Waals surface area contributed by atoms with Crippen LogP contribution in [0.15, 0.2) is 77.8 Å². The number of hydrogen-bond acceptors (Lipinski definition) is 5. The van der Waals surface area contributed by atoms with Crippen LogP contribution in [0.3, 0.4) is 0 Å². The van der Waals surface area contributed by atoms with E-state index in [1.54, 1.807) is 6.07 Å². The first-order chi connectivity index (χ1) is 14.8. The minimum absolute atomic E-state index is 0.149. The van der Waals surface area contributed by atoms with Crippen LogP contribution < -0.4 is 5.32 Å². The van der Waals surface area contributed by atoms with Gasteiger partial charge in [-0.3, -0.25) is 4.99 Å². The zero-order valence-corrected chi connectivity index (χ0v) is 16.5. The normalized spacial score (nSPS) is 14.8. The van der Waals surface area contributed by atoms with Gasteiger partial charge in [0.15, 0.2) is 5.82 Å². The Morgan fingerprint density at radius 2 is 1.63 bits per heavy atom. The maximum absolute atomic E-state index is 9.52. The van der Waals surface area contributed by atoms with Crippen molar-refractivity contribution in [3.05, 3.63) is 89.5 Å². The molecule has 4 aromatic rings. The van der Waals surface area contributed by atoms with Crippen LogP contribution in [0.2, 0.25) is 0 Å². The maximum atomic E-state index is 9.52. The lowest BCUT2D eigenvalue weighted by Gasteiger charge is -2.12. The summed E-state index contributed by atoms with van der Waals surface area (Å²) in [5.74, 6) is 2.03. The number of rotatable bonds is 3. The van der Waals surface area contributed by atoms with E-state index in [1.807, 2.05) is 48.5 Å². The van der Waals surface area contributed by atoms with Crippen LogP contribution in [0.4, 0.5) is 5.82 Å². The van der Waals surface area contributed by atoms with Crippen LogP contribution in [-0.2, 0) is 0 Å². The lowest BCUT2D eigenvalue weighted by atomic mass is 10.0. The van der Waals surface area contributed by atoms with Crippen molar-refractivity contribution in [1.29, 1.82) is 5.26 Å². The quantitative estimate of drug-likeness (QED) is 0.503. The minimum Gasteiger partial charge on any atom is -0.324 e. The lowest BCUT2D eigenvalue weighted by Crippen LogP contribution is -2.13. The number of nitrogens with zero attached hydrogens (tertiary/aromatic N) is 4. The molecule has 30 heavy (non-hydrogen) atoms. The molecule has 0 bridgehead atoms. The molecule has 0 spiro atoms. The summed E-state index contributed by atoms with van der Waals surface area (Å²) < 4.78 is 0. The fraction of sp³-hybridized carbons (Fsp3) is 0.120. The Labute approximate surface area is 174 Å². The van der Waals surface area contributed by atoms with Crippen molar-refractivity contribution < 1.29 is 0 Å². The standard InChI is InChI=1S/C25H19N5/c1-2-21-18-11-5-6-12-19(18)24(27-21)30-25-20-13-7-8-14-22(20)28-23(29-25)17-10-4-3-9-16(17)15-26/h3-14,21H,2H2,1H3,(H,27,28,29,30). The predicted octanol–water partition coefficient (Wildman–Crippen LogP) is 5.49. The van der Waals surface area contributed by atoms with Crippen molar-refractivity contribution >= 4 is 22.6 Å². The van der Waals surface area contributed by atoms with Crippen molar-refractivity contribution in [3.63, 3.8) is 0 Å². The molecule has 3 aromatic carbocycles. The molecule has 0 saturated heterocycles. The van der Waals surface area contributed by atoms with Crippen molar-refractivity contribution in [2.24, 2.45) is 4.99 Å². The molecule has 0 saturated carbocycles. The fourth-order valence-electron chi connectivity index (χ4n) is 3.89. The van der Waals surface area contributed by atoms with Gasteiger partial charge in [0.2, 0.25) is 0 Å². The van der Waals surface area contributed by atoms with E-state index in [2.05, 4.69) is 36.5 Å². The number of fused-ring (bicyclic) bond motifs is 2. The summed E-state index contributed by atoms with van der Waals surface area (Å²) in [5.41, 5.74) is 4.42. The van der Waals surface area contributed by atoms with E-state index in [0.29, 0.717) is 22.8 Å². The molecule has 1 aliphatic heterocycles. The summed E-state index contributed by atoms with van der Waals surface area (Å²) in [7, 11) is 0. The molecule has 2 heterocycles. The molecule has 0 amide bonds. The number of aromatic nitrogens is 2. The number of nitriles is 1. The fourth-order valence-corrected chi connectivity index (χ4v) is 3.89. The molecule has 1 aliphatic rings. The molecule has 1 unspecified atom stereocenters. The number of nitrogens with one attached hydrogen (secondary N) is 1. The zero-order valence-electron chi connectivity index (χ0n) is 16.5. The third-order valence-electron chi connectivity index (χ3n) is 5.37. The molecule has 1 N–H and O–H groups in total. The molecule has 5 heteroatoms. The van der Waals surface area contributed by atoms with Gasteiger partial charge in [-0.25, -0.2) is 9.97 Å². The van der Waals surface area contributed by atoms with E-state index in [1.165, 1.54) is 5.56 Å². The monoisotopic (exact) mass is 389 g/mol. The molecule has 0 fully saturated rings. The van der Waals surface area contributed by atoms with Crippen LogP contribution in [0, 0.1) is 11.3 Å². The topological polar surface area (TPSA) is 74.0 Å². The first-order valence-electron chi connectivity index (χ1n) is 9.99. The Bertz CT molecular complexity index is 1330. The molecule has 0 aliphatic carbocycles. The van der Waals surface area contributed by atoms with Crippen molar-refractivity contribution in [2.75, 3.05) is 5.32 Å². The van der Waals surface area contributed by atoms with Crippen LogP contribution in [0.1, 0.15) is 36.1 Å². The molecule has 5 rings (SSSR count). The van der Waals surface area contributed by atoms with E-state index < -0.39 is 0 Å². The third kappa shape index (κ3) is 2.99. The van der Waals surface area contributed by atoms with Crippen LogP contribution >= 0.6 is 0 Å². The summed E-state index contributed by atoms with van der Waals surface area (Å²) in [6.45, 7) is 2.14. The average molecular weight is 389 g/mol. The zero-order chi connectivity index (χ0) is 20.5. The highest BCUT2D eigenvalue weighted by molar-refractivity contribution is 6.13. The van der Waals surface area contributed by atoms with E-state index in [-0.39, 0.29) is 6.04 Å². The van der Waals surface area contributed by atoms with Gasteiger partial charge in [-0.1, -0.05) is 55.5 Å². The van der Waals surface area contributed by atoms with E-state index in [9.17, 15) is 5.26 Å². The highest BCUT2D eigenvalue weighted by Gasteiger charge is 2.24. The van der Waals surface area contributed by atoms with Gasteiger partial charge in [0, 0.05) is 16.5 Å². The van der Waals surface area contributed by atoms with Gasteiger partial charge < -0.3 is 5.32 Å². The van der Waals surface area contributed by atoms with Crippen molar-refractivity contribution in [1.82, 2.24) is 9.97 Å². The Morgan fingerprint density at radius 3 is 2.47 bits per heavy atom. The number of anilines is 1. The molecule has 5 nitrogen and oxygen atoms in total. The number of hydrogen-bond donors (Lipinski definition) is 1. The van der Waals surface area contributed by atoms with Gasteiger partial charge in [-0.15, -0.1) is 0 Å². The largest absolute Gasteiger partial charge is 0.324 e. The number of amidine groups is 1. The molecule has 1 aromatic heterocycles. The maximum Gasteiger partial charge on any atom is 0.163 e. The predicted molar refractivity (Wildman–Crippen MR) is 119 cm³/mol. The second kappa shape index (κ2) is 7.41. The Kier molecular flexibility index (Phi) is 4.45. The minimum atomic E-state index is 0.149. The summed E-state index contributed by atoms with van der Waals surface area (Å²) in [4.78, 5) is 14.4. The van der Waals surface area contributed by atoms with Crippen LogP contribution in [0.25, 0.3) is 22.3 Å². The van der Waals surface area contributed by atoms with Gasteiger partial charge >= 0.3 is 0 Å². The number of para-hydroxylation sites is 1. The third-order valence-corrected chi connectivity index (χ3v) is 5.37. The van der Waals surface area contributed by atoms with E-state index in [4.69, 9.17) is 15.0 Å². The second-order valence-electron chi connectivity index (χ2n) is 7.18. The van der Waals surface area contributed by atoms with E-state index >= 15 is 0 Å². The molecule has 144 valence electrons. The SMILES string of the molecule is CCC1N=C(Nc2nc(-c3ccccc3C#N)nc3ccccc23)c2ccccc21. The highest BCUT2D eigenvalue weighted by Crippen LogP contribution is 2.33. The summed E-state index contributed by atoms with van der Waals surface area (Å²) >= 11 is 0.